The van der Waals surface area contributed by atoms with Crippen LogP contribution < -0.4 is 58.7 Å². The third-order valence-electron chi connectivity index (χ3n) is 3.45. The van der Waals surface area contributed by atoms with Crippen LogP contribution in [0.5, 0.6) is 0 Å². The second kappa shape index (κ2) is 26.1. The summed E-state index contributed by atoms with van der Waals surface area (Å²) in [6.07, 6.45) is -21.5. The quantitative estimate of drug-likeness (QED) is 0.129. The Morgan fingerprint density at radius 3 is 0.381 bits per heavy atom. The van der Waals surface area contributed by atoms with E-state index in [-0.39, 0.29) is 293 Å². The van der Waals surface area contributed by atoms with Crippen molar-refractivity contribution in [3.8, 4) is 0 Å². The maximum Gasteiger partial charge on any atom is 2.00 e. The van der Waals surface area contributed by atoms with Crippen molar-refractivity contribution < 1.29 is 113 Å². The number of rotatable bonds is 12. The molecule has 1 aliphatic rings. The number of hydrogen-bond acceptors (Lipinski definition) is 24. The van der Waals surface area contributed by atoms with Crippen molar-refractivity contribution in [1.29, 1.82) is 0 Å². The predicted octanol–water partition coefficient (Wildman–Crippen LogP) is -13.0. The minimum Gasteiger partial charge on any atom is -0.790 e. The van der Waals surface area contributed by atoms with Gasteiger partial charge >= 0.3 is 293 Å². The Kier molecular flexibility index (Phi) is 39.8. The smallest absolute Gasteiger partial charge is 0.790 e. The molecule has 1 fully saturated rings. The van der Waals surface area contributed by atoms with Crippen LogP contribution in [-0.4, -0.2) is 330 Å². The van der Waals surface area contributed by atoms with Crippen LogP contribution in [0.15, 0.2) is 0 Å². The molecule has 0 bridgehead atoms. The van der Waals surface area contributed by atoms with Gasteiger partial charge in [-0.05, 0) is 0 Å². The largest absolute Gasteiger partial charge is 2.00 e. The van der Waals surface area contributed by atoms with Crippen LogP contribution in [-0.2, 0) is 54.5 Å². The van der Waals surface area contributed by atoms with E-state index < -0.39 is 83.6 Å². The molecule has 0 spiro atoms. The summed E-state index contributed by atoms with van der Waals surface area (Å²) in [5, 5.41) is 0. The second-order valence-corrected chi connectivity index (χ2v) is 12.7. The topological polar surface area (TPSA) is 435 Å². The zero-order valence-corrected chi connectivity index (χ0v) is 52.2. The Balaban J connectivity index is -0.000000540. The van der Waals surface area contributed by atoms with Gasteiger partial charge in [0.2, 0.25) is 0 Å². The standard InChI is InChI=1S/C6H18O24P6.6Ba/c7-31(8,9)25-1-2(26-32(10,11)12)4(28-34(16,17)18)6(30-36(22,23)24)5(29-35(19,20)21)3(1)27-33(13,14)15;;;;;;/h1-6H,(H2,7,8,9)(H2,10,11,12)(H2,13,14,15)(H2,16,17,18)(H2,19,20,21)(H2,22,23,24);;;;;;/q;6*+2/p-12. The van der Waals surface area contributed by atoms with E-state index in [2.05, 4.69) is 27.1 Å². The molecule has 0 aliphatic heterocycles. The van der Waals surface area contributed by atoms with E-state index in [4.69, 9.17) is 0 Å². The zero-order valence-electron chi connectivity index (χ0n) is 20.2. The van der Waals surface area contributed by atoms with E-state index in [0.717, 1.165) is 0 Å². The normalized spacial score (nSPS) is 25.1. The van der Waals surface area contributed by atoms with Crippen LogP contribution in [0.25, 0.3) is 0 Å². The molecule has 1 rings (SSSR count). The second-order valence-electron chi connectivity index (χ2n) is 6.10. The maximum atomic E-state index is 11.1. The molecule has 1 saturated carbocycles. The Morgan fingerprint density at radius 2 is 0.333 bits per heavy atom. The molecule has 0 aromatic carbocycles. The molecule has 36 heteroatoms. The van der Waals surface area contributed by atoms with Crippen molar-refractivity contribution in [3.63, 3.8) is 0 Å². The molecular weight excluding hydrogens is 1470 g/mol. The van der Waals surface area contributed by atoms with E-state index in [1.807, 2.05) is 0 Å². The first-order valence-electron chi connectivity index (χ1n) is 7.80. The molecule has 0 amide bonds. The molecule has 24 nitrogen and oxygen atoms in total. The van der Waals surface area contributed by atoms with Crippen molar-refractivity contribution >= 4 is 340 Å². The van der Waals surface area contributed by atoms with Crippen LogP contribution >= 0.6 is 46.9 Å². The average Bonchev–Trinajstić information content (AvgIpc) is 2.51. The van der Waals surface area contributed by atoms with Gasteiger partial charge in [0.05, 0.1) is 46.9 Å². The van der Waals surface area contributed by atoms with E-state index in [9.17, 15) is 86.1 Å². The van der Waals surface area contributed by atoms with E-state index in [1.165, 1.54) is 0 Å². The van der Waals surface area contributed by atoms with Gasteiger partial charge in [0, 0.05) is 0 Å². The molecule has 0 aromatic rings. The fourth-order valence-corrected chi connectivity index (χ4v) is 5.96. The van der Waals surface area contributed by atoms with Crippen LogP contribution in [0, 0.1) is 0 Å². The van der Waals surface area contributed by atoms with Crippen molar-refractivity contribution in [3.05, 3.63) is 0 Å². The summed E-state index contributed by atoms with van der Waals surface area (Å²) in [6.45, 7) is 0. The predicted molar refractivity (Wildman–Crippen MR) is 109 cm³/mol. The molecule has 42 heavy (non-hydrogen) atoms. The molecule has 0 atom stereocenters. The number of hydrogen-bond donors (Lipinski definition) is 0. The summed E-state index contributed by atoms with van der Waals surface area (Å²) in [6, 6.07) is 0. The van der Waals surface area contributed by atoms with Gasteiger partial charge in [-0.25, -0.2) is 0 Å². The van der Waals surface area contributed by atoms with Crippen molar-refractivity contribution in [1.82, 2.24) is 0 Å². The average molecular weight is 1470 g/mol. The van der Waals surface area contributed by atoms with Crippen LogP contribution in [0.2, 0.25) is 0 Å². The van der Waals surface area contributed by atoms with E-state index >= 15 is 0 Å². The van der Waals surface area contributed by atoms with Crippen LogP contribution in [0.3, 0.4) is 0 Å². The summed E-state index contributed by atoms with van der Waals surface area (Å²) >= 11 is 0. The van der Waals surface area contributed by atoms with Gasteiger partial charge in [0.25, 0.3) is 0 Å². The molecule has 0 radical (unpaired) electrons. The van der Waals surface area contributed by atoms with Gasteiger partial charge in [0.1, 0.15) is 36.6 Å². The third-order valence-corrected chi connectivity index (χ3v) is 6.46. The molecule has 0 heterocycles. The van der Waals surface area contributed by atoms with E-state index in [0.29, 0.717) is 0 Å². The monoisotopic (exact) mass is 1480 g/mol. The summed E-state index contributed by atoms with van der Waals surface area (Å²) < 4.78 is 88.3. The van der Waals surface area contributed by atoms with Gasteiger partial charge in [-0.1, -0.05) is 0 Å². The van der Waals surface area contributed by atoms with Gasteiger partial charge in [0.15, 0.2) is 0 Å². The first-order chi connectivity index (χ1) is 15.6. The molecule has 1 aliphatic carbocycles. The van der Waals surface area contributed by atoms with Gasteiger partial charge in [-0.15, -0.1) is 0 Å². The van der Waals surface area contributed by atoms with Gasteiger partial charge in [-0.3, -0.25) is 0 Å². The van der Waals surface area contributed by atoms with Crippen molar-refractivity contribution in [2.45, 2.75) is 36.6 Å². The first kappa shape index (κ1) is 64.0. The Morgan fingerprint density at radius 1 is 0.262 bits per heavy atom. The Labute approximate surface area is 477 Å². The zero-order chi connectivity index (χ0) is 28.7. The number of phosphoric ester groups is 6. The summed E-state index contributed by atoms with van der Waals surface area (Å²) in [7, 11) is -40.1. The first-order valence-corrected chi connectivity index (χ1v) is 16.6. The fraction of sp³-hybridized carbons (Fsp3) is 1.00. The fourth-order valence-electron chi connectivity index (χ4n) is 2.74. The summed E-state index contributed by atoms with van der Waals surface area (Å²) in [5.74, 6) is 0. The summed E-state index contributed by atoms with van der Waals surface area (Å²) in [4.78, 5) is 133. The molecule has 0 unspecified atom stereocenters. The molecule has 0 N–H and O–H groups in total. The number of phosphoric acid groups is 6. The molecule has 0 saturated heterocycles. The Bertz CT molecular complexity index is 843. The minimum atomic E-state index is -6.68. The van der Waals surface area contributed by atoms with E-state index in [1.54, 1.807) is 0 Å². The summed E-state index contributed by atoms with van der Waals surface area (Å²) in [5.41, 5.74) is 0. The van der Waals surface area contributed by atoms with Gasteiger partial charge in [-0.2, -0.15) is 0 Å². The molecule has 0 aromatic heterocycles. The van der Waals surface area contributed by atoms with Gasteiger partial charge < -0.3 is 113 Å². The minimum absolute atomic E-state index is 0. The maximum absolute atomic E-state index is 11.1. The van der Waals surface area contributed by atoms with Crippen LogP contribution in [0.1, 0.15) is 0 Å². The van der Waals surface area contributed by atoms with Crippen molar-refractivity contribution in [2.75, 3.05) is 0 Å². The third kappa shape index (κ3) is 29.4. The van der Waals surface area contributed by atoms with Crippen molar-refractivity contribution in [2.24, 2.45) is 0 Å². The SMILES string of the molecule is O=P([O-])([O-])OC1C(OP(=O)([O-])[O-])C(OP(=O)([O-])[O-])C(OP(=O)([O-])[O-])C(OP(=O)([O-])[O-])C1OP(=O)([O-])[O-].[Ba+2].[Ba+2].[Ba+2].[Ba+2].[Ba+2].[Ba+2]. The molecular formula is C6H6Ba6O24P6. The van der Waals surface area contributed by atoms with Crippen LogP contribution in [0.4, 0.5) is 0 Å². The molecule has 216 valence electrons. The Hall–Kier alpha value is 10.1.